The molecule has 1 aromatic carbocycles. The zero-order valence-corrected chi connectivity index (χ0v) is 15.5. The molecule has 1 N–H and O–H groups in total. The van der Waals surface area contributed by atoms with E-state index in [-0.39, 0.29) is 18.2 Å². The molecule has 0 aromatic heterocycles. The highest BCUT2D eigenvalue weighted by Crippen LogP contribution is 2.46. The van der Waals surface area contributed by atoms with Crippen molar-refractivity contribution in [3.63, 3.8) is 0 Å². The van der Waals surface area contributed by atoms with Crippen molar-refractivity contribution in [2.75, 3.05) is 6.61 Å². The second-order valence-electron chi connectivity index (χ2n) is 8.20. The van der Waals surface area contributed by atoms with Gasteiger partial charge in [-0.2, -0.15) is 0 Å². The highest BCUT2D eigenvalue weighted by Gasteiger charge is 2.36. The van der Waals surface area contributed by atoms with Crippen LogP contribution in [0.2, 0.25) is 0 Å². The van der Waals surface area contributed by atoms with E-state index in [1.54, 1.807) is 0 Å². The monoisotopic (exact) mass is 360 g/mol. The van der Waals surface area contributed by atoms with Gasteiger partial charge in [0.05, 0.1) is 6.61 Å². The Morgan fingerprint density at radius 1 is 1.00 bits per heavy atom. The Hall–Kier alpha value is -2.26. The van der Waals surface area contributed by atoms with E-state index in [4.69, 9.17) is 0 Å². The zero-order valence-electron chi connectivity index (χ0n) is 15.5. The number of fused-ring (bicyclic) bond motifs is 4. The number of carbonyl (C=O) groups excluding carboxylic acids is 2. The standard InChI is InChI=1S/C24H24O3/c25-13-15-11-22(27)24-19(23(15)14-5-1-2-6-14)10-9-17-16-7-3-4-8-18(16)21(26)12-20(17)24/h3,7,9-10,14,25H,1-2,4-6,8,11-13H2. The Bertz CT molecular complexity index is 952. The second-order valence-corrected chi connectivity index (χ2v) is 8.20. The molecule has 3 nitrogen and oxygen atoms in total. The van der Waals surface area contributed by atoms with Gasteiger partial charge in [0, 0.05) is 24.0 Å². The number of rotatable bonds is 2. The summed E-state index contributed by atoms with van der Waals surface area (Å²) in [6, 6.07) is 4.19. The molecule has 0 heterocycles. The molecular weight excluding hydrogens is 336 g/mol. The van der Waals surface area contributed by atoms with Gasteiger partial charge in [0.25, 0.3) is 0 Å². The summed E-state index contributed by atoms with van der Waals surface area (Å²) in [5.41, 5.74) is 7.74. The van der Waals surface area contributed by atoms with Crippen LogP contribution in [0.1, 0.15) is 72.0 Å². The van der Waals surface area contributed by atoms with Crippen LogP contribution in [0.25, 0.3) is 11.1 Å². The Morgan fingerprint density at radius 2 is 1.78 bits per heavy atom. The van der Waals surface area contributed by atoms with E-state index in [0.717, 1.165) is 64.7 Å². The van der Waals surface area contributed by atoms with E-state index >= 15 is 0 Å². The highest BCUT2D eigenvalue weighted by atomic mass is 16.3. The minimum atomic E-state index is -0.0505. The smallest absolute Gasteiger partial charge is 0.167 e. The number of carbonyl (C=O) groups is 2. The first-order valence-electron chi connectivity index (χ1n) is 10.1. The number of allylic oxidation sites excluding steroid dienone is 5. The lowest BCUT2D eigenvalue weighted by molar-refractivity contribution is -0.115. The summed E-state index contributed by atoms with van der Waals surface area (Å²) in [7, 11) is 0. The number of Topliss-reactive ketones (excluding diaryl/α,β-unsaturated/α-hetero) is 2. The van der Waals surface area contributed by atoms with Crippen molar-refractivity contribution in [2.45, 2.75) is 51.4 Å². The maximum Gasteiger partial charge on any atom is 0.167 e. The number of benzene rings is 1. The largest absolute Gasteiger partial charge is 0.392 e. The van der Waals surface area contributed by atoms with Crippen LogP contribution in [0.15, 0.2) is 35.4 Å². The quantitative estimate of drug-likeness (QED) is 0.848. The van der Waals surface area contributed by atoms with Crippen LogP contribution >= 0.6 is 0 Å². The van der Waals surface area contributed by atoms with Gasteiger partial charge >= 0.3 is 0 Å². The van der Waals surface area contributed by atoms with Crippen molar-refractivity contribution < 1.29 is 14.7 Å². The SMILES string of the molecule is O=C1Cc2c(ccc3c2C(=O)CC(CO)=C3C2CCCC2)C2=C1CCC=C2. The molecule has 0 aliphatic heterocycles. The Labute approximate surface area is 159 Å². The molecule has 0 unspecified atom stereocenters. The Balaban J connectivity index is 1.73. The van der Waals surface area contributed by atoms with Crippen LogP contribution in [-0.2, 0) is 11.2 Å². The van der Waals surface area contributed by atoms with E-state index in [2.05, 4.69) is 24.3 Å². The summed E-state index contributed by atoms with van der Waals surface area (Å²) in [4.78, 5) is 25.9. The summed E-state index contributed by atoms with van der Waals surface area (Å²) in [5.74, 6) is 0.660. The molecule has 4 aliphatic rings. The van der Waals surface area contributed by atoms with Crippen molar-refractivity contribution in [2.24, 2.45) is 5.92 Å². The fourth-order valence-corrected chi connectivity index (χ4v) is 5.53. The van der Waals surface area contributed by atoms with Crippen molar-refractivity contribution in [1.29, 1.82) is 0 Å². The molecule has 0 saturated heterocycles. The summed E-state index contributed by atoms with van der Waals surface area (Å²) >= 11 is 0. The molecule has 1 saturated carbocycles. The molecule has 0 amide bonds. The average molecular weight is 360 g/mol. The normalized spacial score (nSPS) is 22.3. The summed E-state index contributed by atoms with van der Waals surface area (Å²) in [6.07, 6.45) is 11.2. The summed E-state index contributed by atoms with van der Waals surface area (Å²) < 4.78 is 0. The van der Waals surface area contributed by atoms with Gasteiger partial charge in [-0.1, -0.05) is 37.1 Å². The third kappa shape index (κ3) is 2.52. The van der Waals surface area contributed by atoms with Gasteiger partial charge in [0.15, 0.2) is 11.6 Å². The van der Waals surface area contributed by atoms with Crippen LogP contribution in [0.4, 0.5) is 0 Å². The van der Waals surface area contributed by atoms with Crippen LogP contribution in [0, 0.1) is 5.92 Å². The van der Waals surface area contributed by atoms with E-state index in [9.17, 15) is 14.7 Å². The molecule has 3 heteroatoms. The maximum absolute atomic E-state index is 13.1. The minimum absolute atomic E-state index is 0.0505. The van der Waals surface area contributed by atoms with Crippen LogP contribution in [-0.4, -0.2) is 23.3 Å². The number of ketones is 2. The van der Waals surface area contributed by atoms with E-state index in [1.807, 2.05) is 0 Å². The van der Waals surface area contributed by atoms with Gasteiger partial charge in [-0.15, -0.1) is 0 Å². The Kier molecular flexibility index (Phi) is 4.01. The lowest BCUT2D eigenvalue weighted by Crippen LogP contribution is -2.24. The predicted molar refractivity (Wildman–Crippen MR) is 105 cm³/mol. The molecule has 138 valence electrons. The highest BCUT2D eigenvalue weighted by molar-refractivity contribution is 6.14. The molecule has 5 rings (SSSR count). The van der Waals surface area contributed by atoms with Crippen LogP contribution in [0.3, 0.4) is 0 Å². The first-order valence-corrected chi connectivity index (χ1v) is 10.1. The minimum Gasteiger partial charge on any atom is -0.392 e. The first-order chi connectivity index (χ1) is 13.2. The molecular formula is C24H24O3. The third-order valence-electron chi connectivity index (χ3n) is 6.73. The van der Waals surface area contributed by atoms with Gasteiger partial charge in [-0.25, -0.2) is 0 Å². The molecule has 0 bridgehead atoms. The molecule has 1 aromatic rings. The van der Waals surface area contributed by atoms with Crippen molar-refractivity contribution in [1.82, 2.24) is 0 Å². The van der Waals surface area contributed by atoms with E-state index < -0.39 is 0 Å². The number of hydrogen-bond donors (Lipinski definition) is 1. The van der Waals surface area contributed by atoms with Gasteiger partial charge in [0.2, 0.25) is 0 Å². The van der Waals surface area contributed by atoms with Gasteiger partial charge in [0.1, 0.15) is 0 Å². The molecule has 0 spiro atoms. The molecule has 0 atom stereocenters. The molecule has 27 heavy (non-hydrogen) atoms. The maximum atomic E-state index is 13.1. The first kappa shape index (κ1) is 16.9. The molecule has 0 radical (unpaired) electrons. The van der Waals surface area contributed by atoms with Crippen molar-refractivity contribution >= 4 is 22.7 Å². The lowest BCUT2D eigenvalue weighted by Gasteiger charge is -2.31. The molecule has 4 aliphatic carbocycles. The van der Waals surface area contributed by atoms with Gasteiger partial charge in [-0.3, -0.25) is 9.59 Å². The second kappa shape index (κ2) is 6.42. The predicted octanol–water partition coefficient (Wildman–Crippen LogP) is 4.44. The average Bonchev–Trinajstić information content (AvgIpc) is 3.21. The van der Waals surface area contributed by atoms with E-state index in [0.29, 0.717) is 18.8 Å². The van der Waals surface area contributed by atoms with Crippen LogP contribution < -0.4 is 0 Å². The summed E-state index contributed by atoms with van der Waals surface area (Å²) in [6.45, 7) is -0.0505. The Morgan fingerprint density at radius 3 is 2.56 bits per heavy atom. The fraction of sp³-hybridized carbons (Fsp3) is 0.417. The number of hydrogen-bond acceptors (Lipinski definition) is 3. The van der Waals surface area contributed by atoms with E-state index in [1.165, 1.54) is 18.4 Å². The van der Waals surface area contributed by atoms with Gasteiger partial charge < -0.3 is 5.11 Å². The fourth-order valence-electron chi connectivity index (χ4n) is 5.53. The van der Waals surface area contributed by atoms with Crippen LogP contribution in [0.5, 0.6) is 0 Å². The number of aliphatic hydroxyl groups excluding tert-OH is 1. The zero-order chi connectivity index (χ0) is 18.5. The lowest BCUT2D eigenvalue weighted by atomic mass is 9.72. The topological polar surface area (TPSA) is 54.4 Å². The van der Waals surface area contributed by atoms with Crippen molar-refractivity contribution in [3.05, 3.63) is 57.7 Å². The van der Waals surface area contributed by atoms with Crippen molar-refractivity contribution in [3.8, 4) is 0 Å². The molecule has 1 fully saturated rings. The third-order valence-corrected chi connectivity index (χ3v) is 6.73. The summed E-state index contributed by atoms with van der Waals surface area (Å²) in [5, 5.41) is 9.92. The van der Waals surface area contributed by atoms with Gasteiger partial charge in [-0.05, 0) is 65.0 Å². The number of aliphatic hydroxyl groups is 1.